The molecule has 1 saturated carbocycles. The fourth-order valence-corrected chi connectivity index (χ4v) is 3.47. The summed E-state index contributed by atoms with van der Waals surface area (Å²) in [6, 6.07) is 1.24. The number of amides is 1. The van der Waals surface area contributed by atoms with Gasteiger partial charge in [0.05, 0.1) is 0 Å². The third-order valence-corrected chi connectivity index (χ3v) is 4.60. The van der Waals surface area contributed by atoms with Crippen LogP contribution in [0.25, 0.3) is 0 Å². The molecule has 0 spiro atoms. The molecule has 1 N–H and O–H groups in total. The first-order chi connectivity index (χ1) is 8.72. The summed E-state index contributed by atoms with van der Waals surface area (Å²) >= 11 is 0. The molecule has 2 atom stereocenters. The van der Waals surface area contributed by atoms with Crippen LogP contribution in [-0.4, -0.2) is 36.0 Å². The zero-order valence-corrected chi connectivity index (χ0v) is 12.0. The monoisotopic (exact) mass is 252 g/mol. The van der Waals surface area contributed by atoms with Crippen LogP contribution < -0.4 is 5.32 Å². The van der Waals surface area contributed by atoms with Crippen molar-refractivity contribution < 1.29 is 4.79 Å². The second kappa shape index (κ2) is 6.55. The van der Waals surface area contributed by atoms with E-state index in [9.17, 15) is 4.79 Å². The second-order valence-corrected chi connectivity index (χ2v) is 6.01. The number of hydrogen-bond donors (Lipinski definition) is 1. The van der Waals surface area contributed by atoms with Crippen LogP contribution >= 0.6 is 0 Å². The molecule has 3 nitrogen and oxygen atoms in total. The predicted molar refractivity (Wildman–Crippen MR) is 74.4 cm³/mol. The SMILES string of the molecule is CCC(=O)N1CC(CC)CC(NC2CCCC2)C1. The molecule has 0 bridgehead atoms. The van der Waals surface area contributed by atoms with E-state index in [0.29, 0.717) is 30.3 Å². The van der Waals surface area contributed by atoms with E-state index in [1.165, 1.54) is 38.5 Å². The highest BCUT2D eigenvalue weighted by Crippen LogP contribution is 2.24. The Bertz CT molecular complexity index is 274. The number of nitrogens with zero attached hydrogens (tertiary/aromatic N) is 1. The van der Waals surface area contributed by atoms with Crippen molar-refractivity contribution in [2.75, 3.05) is 13.1 Å². The van der Waals surface area contributed by atoms with Gasteiger partial charge in [-0.1, -0.05) is 33.1 Å². The molecule has 1 aliphatic carbocycles. The summed E-state index contributed by atoms with van der Waals surface area (Å²) in [7, 11) is 0. The number of likely N-dealkylation sites (tertiary alicyclic amines) is 1. The molecule has 1 heterocycles. The molecular weight excluding hydrogens is 224 g/mol. The summed E-state index contributed by atoms with van der Waals surface area (Å²) in [5.41, 5.74) is 0. The average Bonchev–Trinajstić information content (AvgIpc) is 2.90. The number of rotatable bonds is 4. The number of nitrogens with one attached hydrogen (secondary N) is 1. The van der Waals surface area contributed by atoms with Crippen molar-refractivity contribution in [1.29, 1.82) is 0 Å². The van der Waals surface area contributed by atoms with Crippen molar-refractivity contribution in [3.63, 3.8) is 0 Å². The van der Waals surface area contributed by atoms with Gasteiger partial charge < -0.3 is 10.2 Å². The first-order valence-electron chi connectivity index (χ1n) is 7.76. The zero-order chi connectivity index (χ0) is 13.0. The molecule has 0 aromatic heterocycles. The topological polar surface area (TPSA) is 32.3 Å². The standard InChI is InChI=1S/C15H28N2O/c1-3-12-9-14(16-13-7-5-6-8-13)11-17(10-12)15(18)4-2/h12-14,16H,3-11H2,1-2H3. The van der Waals surface area contributed by atoms with Gasteiger partial charge in [0.1, 0.15) is 0 Å². The Morgan fingerprint density at radius 2 is 1.89 bits per heavy atom. The predicted octanol–water partition coefficient (Wildman–Crippen LogP) is 2.56. The minimum atomic E-state index is 0.325. The smallest absolute Gasteiger partial charge is 0.222 e. The highest BCUT2D eigenvalue weighted by atomic mass is 16.2. The van der Waals surface area contributed by atoms with Crippen LogP contribution in [0, 0.1) is 5.92 Å². The molecule has 2 aliphatic rings. The van der Waals surface area contributed by atoms with Gasteiger partial charge >= 0.3 is 0 Å². The van der Waals surface area contributed by atoms with Crippen molar-refractivity contribution in [3.05, 3.63) is 0 Å². The van der Waals surface area contributed by atoms with Crippen LogP contribution in [0.15, 0.2) is 0 Å². The van der Waals surface area contributed by atoms with E-state index in [-0.39, 0.29) is 0 Å². The Labute approximate surface area is 111 Å². The molecule has 1 aliphatic heterocycles. The lowest BCUT2D eigenvalue weighted by atomic mass is 9.91. The minimum absolute atomic E-state index is 0.325. The van der Waals surface area contributed by atoms with E-state index in [1.807, 2.05) is 6.92 Å². The van der Waals surface area contributed by atoms with Gasteiger partial charge in [-0.25, -0.2) is 0 Å². The molecular formula is C15H28N2O. The van der Waals surface area contributed by atoms with Crippen LogP contribution in [0.2, 0.25) is 0 Å². The summed E-state index contributed by atoms with van der Waals surface area (Å²) in [5, 5.41) is 3.80. The third kappa shape index (κ3) is 3.47. The quantitative estimate of drug-likeness (QED) is 0.834. The van der Waals surface area contributed by atoms with Crippen molar-refractivity contribution in [2.45, 2.75) is 70.9 Å². The molecule has 0 radical (unpaired) electrons. The van der Waals surface area contributed by atoms with Crippen LogP contribution in [0.1, 0.15) is 58.8 Å². The molecule has 18 heavy (non-hydrogen) atoms. The molecule has 3 heteroatoms. The lowest BCUT2D eigenvalue weighted by Gasteiger charge is -2.39. The molecule has 2 unspecified atom stereocenters. The van der Waals surface area contributed by atoms with E-state index in [0.717, 1.165) is 13.1 Å². The van der Waals surface area contributed by atoms with Crippen molar-refractivity contribution in [2.24, 2.45) is 5.92 Å². The van der Waals surface area contributed by atoms with Gasteiger partial charge in [0.15, 0.2) is 0 Å². The van der Waals surface area contributed by atoms with Crippen LogP contribution in [0.3, 0.4) is 0 Å². The zero-order valence-electron chi connectivity index (χ0n) is 12.0. The van der Waals surface area contributed by atoms with Gasteiger partial charge in [-0.3, -0.25) is 4.79 Å². The number of carbonyl (C=O) groups is 1. The van der Waals surface area contributed by atoms with E-state index >= 15 is 0 Å². The molecule has 2 fully saturated rings. The van der Waals surface area contributed by atoms with Crippen molar-refractivity contribution >= 4 is 5.91 Å². The molecule has 0 aromatic carbocycles. The number of piperidine rings is 1. The molecule has 0 aromatic rings. The fraction of sp³-hybridized carbons (Fsp3) is 0.933. The maximum atomic E-state index is 11.9. The van der Waals surface area contributed by atoms with Crippen molar-refractivity contribution in [3.8, 4) is 0 Å². The second-order valence-electron chi connectivity index (χ2n) is 6.01. The number of carbonyl (C=O) groups excluding carboxylic acids is 1. The Hall–Kier alpha value is -0.570. The Kier molecular flexibility index (Phi) is 5.04. The van der Waals surface area contributed by atoms with E-state index < -0.39 is 0 Å². The maximum absolute atomic E-state index is 11.9. The van der Waals surface area contributed by atoms with Crippen LogP contribution in [0.5, 0.6) is 0 Å². The minimum Gasteiger partial charge on any atom is -0.341 e. The van der Waals surface area contributed by atoms with Gasteiger partial charge in [0.2, 0.25) is 5.91 Å². The molecule has 104 valence electrons. The molecule has 1 amide bonds. The largest absolute Gasteiger partial charge is 0.341 e. The van der Waals surface area contributed by atoms with Crippen LogP contribution in [0.4, 0.5) is 0 Å². The lowest BCUT2D eigenvalue weighted by Crippen LogP contribution is -2.53. The normalized spacial score (nSPS) is 29.8. The highest BCUT2D eigenvalue weighted by molar-refractivity contribution is 5.76. The summed E-state index contributed by atoms with van der Waals surface area (Å²) in [4.78, 5) is 14.0. The highest BCUT2D eigenvalue weighted by Gasteiger charge is 2.30. The average molecular weight is 252 g/mol. The van der Waals surface area contributed by atoms with Crippen LogP contribution in [-0.2, 0) is 4.79 Å². The van der Waals surface area contributed by atoms with Gasteiger partial charge in [-0.2, -0.15) is 0 Å². The van der Waals surface area contributed by atoms with Gasteiger partial charge in [0.25, 0.3) is 0 Å². The van der Waals surface area contributed by atoms with Gasteiger partial charge in [-0.05, 0) is 25.2 Å². The Balaban J connectivity index is 1.90. The van der Waals surface area contributed by atoms with E-state index in [2.05, 4.69) is 17.1 Å². The van der Waals surface area contributed by atoms with Gasteiger partial charge in [-0.15, -0.1) is 0 Å². The summed E-state index contributed by atoms with van der Waals surface area (Å²) in [6.07, 6.45) is 8.49. The summed E-state index contributed by atoms with van der Waals surface area (Å²) in [5.74, 6) is 1.01. The van der Waals surface area contributed by atoms with Crippen molar-refractivity contribution in [1.82, 2.24) is 10.2 Å². The summed E-state index contributed by atoms with van der Waals surface area (Å²) < 4.78 is 0. The molecule has 1 saturated heterocycles. The third-order valence-electron chi connectivity index (χ3n) is 4.60. The molecule has 2 rings (SSSR count). The first kappa shape index (κ1) is 13.9. The maximum Gasteiger partial charge on any atom is 0.222 e. The fourth-order valence-electron chi connectivity index (χ4n) is 3.47. The summed E-state index contributed by atoms with van der Waals surface area (Å²) in [6.45, 7) is 6.13. The van der Waals surface area contributed by atoms with E-state index in [1.54, 1.807) is 0 Å². The number of hydrogen-bond acceptors (Lipinski definition) is 2. The Morgan fingerprint density at radius 1 is 1.17 bits per heavy atom. The first-order valence-corrected chi connectivity index (χ1v) is 7.76. The van der Waals surface area contributed by atoms with Gasteiger partial charge in [0, 0.05) is 31.6 Å². The lowest BCUT2D eigenvalue weighted by molar-refractivity contribution is -0.133. The van der Waals surface area contributed by atoms with E-state index in [4.69, 9.17) is 0 Å². The Morgan fingerprint density at radius 3 is 2.50 bits per heavy atom.